The third-order valence-corrected chi connectivity index (χ3v) is 5.09. The van der Waals surface area contributed by atoms with Crippen molar-refractivity contribution >= 4 is 23.2 Å². The topological polar surface area (TPSA) is 110 Å². The van der Waals surface area contributed by atoms with Gasteiger partial charge < -0.3 is 15.2 Å². The molecule has 0 aliphatic rings. The van der Waals surface area contributed by atoms with E-state index in [1.54, 1.807) is 24.5 Å². The standard InChI is InChI=1S/C20H23N5O3S/c1-13(2)17(20-24-18(25-28-20)14-6-3-9-21-12-14)23-16(26)8-4-10-22-19(27)15-7-5-11-29-15/h3,5-7,9,11-13,17H,4,8,10H2,1-2H3,(H,22,27)(H,23,26). The highest BCUT2D eigenvalue weighted by atomic mass is 32.1. The fourth-order valence-corrected chi connectivity index (χ4v) is 3.32. The Labute approximate surface area is 172 Å². The van der Waals surface area contributed by atoms with Crippen molar-refractivity contribution in [1.82, 2.24) is 25.8 Å². The van der Waals surface area contributed by atoms with Gasteiger partial charge in [0.1, 0.15) is 6.04 Å². The number of carbonyl (C=O) groups excluding carboxylic acids is 2. The Balaban J connectivity index is 1.50. The summed E-state index contributed by atoms with van der Waals surface area (Å²) in [6.07, 6.45) is 4.16. The number of hydrogen-bond donors (Lipinski definition) is 2. The van der Waals surface area contributed by atoms with E-state index in [9.17, 15) is 9.59 Å². The Morgan fingerprint density at radius 1 is 1.24 bits per heavy atom. The molecule has 0 saturated carbocycles. The van der Waals surface area contributed by atoms with Gasteiger partial charge in [-0.2, -0.15) is 4.98 Å². The van der Waals surface area contributed by atoms with Gasteiger partial charge in [-0.3, -0.25) is 14.6 Å². The van der Waals surface area contributed by atoms with Crippen LogP contribution in [-0.4, -0.2) is 33.5 Å². The fourth-order valence-electron chi connectivity index (χ4n) is 2.68. The first-order valence-corrected chi connectivity index (χ1v) is 10.3. The molecule has 3 aromatic heterocycles. The Kier molecular flexibility index (Phi) is 7.07. The molecule has 0 saturated heterocycles. The zero-order valence-electron chi connectivity index (χ0n) is 16.3. The van der Waals surface area contributed by atoms with Gasteiger partial charge in [-0.05, 0) is 35.9 Å². The van der Waals surface area contributed by atoms with Crippen molar-refractivity contribution in [3.05, 3.63) is 52.8 Å². The first kappa shape index (κ1) is 20.7. The molecule has 29 heavy (non-hydrogen) atoms. The van der Waals surface area contributed by atoms with Gasteiger partial charge in [0.2, 0.25) is 17.6 Å². The molecule has 3 heterocycles. The highest BCUT2D eigenvalue weighted by Gasteiger charge is 2.24. The molecule has 2 N–H and O–H groups in total. The molecule has 1 atom stereocenters. The Hall–Kier alpha value is -3.07. The minimum Gasteiger partial charge on any atom is -0.351 e. The largest absolute Gasteiger partial charge is 0.351 e. The van der Waals surface area contributed by atoms with Crippen LogP contribution in [0.15, 0.2) is 46.6 Å². The van der Waals surface area contributed by atoms with Crippen molar-refractivity contribution in [3.8, 4) is 11.4 Å². The third kappa shape index (κ3) is 5.71. The van der Waals surface area contributed by atoms with Gasteiger partial charge in [0.05, 0.1) is 4.88 Å². The molecule has 3 aromatic rings. The quantitative estimate of drug-likeness (QED) is 0.521. The summed E-state index contributed by atoms with van der Waals surface area (Å²) in [4.78, 5) is 33.4. The van der Waals surface area contributed by atoms with Crippen LogP contribution in [0.3, 0.4) is 0 Å². The highest BCUT2D eigenvalue weighted by molar-refractivity contribution is 7.12. The van der Waals surface area contributed by atoms with Gasteiger partial charge >= 0.3 is 0 Å². The number of rotatable bonds is 9. The number of carbonyl (C=O) groups is 2. The second-order valence-corrected chi connectivity index (χ2v) is 7.77. The van der Waals surface area contributed by atoms with E-state index < -0.39 is 0 Å². The number of nitrogens with zero attached hydrogens (tertiary/aromatic N) is 3. The van der Waals surface area contributed by atoms with E-state index in [0.717, 1.165) is 5.56 Å². The van der Waals surface area contributed by atoms with Gasteiger partial charge in [0.15, 0.2) is 0 Å². The molecular weight excluding hydrogens is 390 g/mol. The first-order valence-electron chi connectivity index (χ1n) is 9.39. The van der Waals surface area contributed by atoms with E-state index in [1.165, 1.54) is 11.3 Å². The Bertz CT molecular complexity index is 925. The van der Waals surface area contributed by atoms with Crippen LogP contribution in [0.2, 0.25) is 0 Å². The third-order valence-electron chi connectivity index (χ3n) is 4.22. The van der Waals surface area contributed by atoms with Crippen LogP contribution in [0, 0.1) is 5.92 Å². The van der Waals surface area contributed by atoms with Crippen LogP contribution in [-0.2, 0) is 4.79 Å². The van der Waals surface area contributed by atoms with Gasteiger partial charge in [0, 0.05) is 30.9 Å². The van der Waals surface area contributed by atoms with E-state index in [2.05, 4.69) is 25.8 Å². The van der Waals surface area contributed by atoms with E-state index in [0.29, 0.717) is 29.6 Å². The predicted molar refractivity (Wildman–Crippen MR) is 109 cm³/mol. The zero-order chi connectivity index (χ0) is 20.6. The number of amides is 2. The lowest BCUT2D eigenvalue weighted by Crippen LogP contribution is -2.32. The summed E-state index contributed by atoms with van der Waals surface area (Å²) in [5, 5.41) is 11.6. The van der Waals surface area contributed by atoms with Crippen molar-refractivity contribution in [2.24, 2.45) is 5.92 Å². The molecule has 0 bridgehead atoms. The lowest BCUT2D eigenvalue weighted by molar-refractivity contribution is -0.122. The lowest BCUT2D eigenvalue weighted by atomic mass is 10.0. The monoisotopic (exact) mass is 413 g/mol. The number of nitrogens with one attached hydrogen (secondary N) is 2. The molecule has 0 radical (unpaired) electrons. The van der Waals surface area contributed by atoms with Gasteiger partial charge in [-0.15, -0.1) is 11.3 Å². The summed E-state index contributed by atoms with van der Waals surface area (Å²) in [6, 6.07) is 6.85. The van der Waals surface area contributed by atoms with Crippen LogP contribution < -0.4 is 10.6 Å². The normalized spacial score (nSPS) is 12.0. The minimum atomic E-state index is -0.388. The average molecular weight is 414 g/mol. The fraction of sp³-hybridized carbons (Fsp3) is 0.350. The van der Waals surface area contributed by atoms with Crippen molar-refractivity contribution in [3.63, 3.8) is 0 Å². The van der Waals surface area contributed by atoms with Crippen LogP contribution in [0.25, 0.3) is 11.4 Å². The first-order chi connectivity index (χ1) is 14.0. The molecule has 0 fully saturated rings. The van der Waals surface area contributed by atoms with Gasteiger partial charge in [-0.1, -0.05) is 25.1 Å². The van der Waals surface area contributed by atoms with Crippen LogP contribution >= 0.6 is 11.3 Å². The molecule has 8 nitrogen and oxygen atoms in total. The van der Waals surface area contributed by atoms with E-state index in [1.807, 2.05) is 31.4 Å². The second-order valence-electron chi connectivity index (χ2n) is 6.82. The predicted octanol–water partition coefficient (Wildman–Crippen LogP) is 3.22. The summed E-state index contributed by atoms with van der Waals surface area (Å²) in [5.41, 5.74) is 0.748. The van der Waals surface area contributed by atoms with Crippen LogP contribution in [0.1, 0.15) is 48.3 Å². The van der Waals surface area contributed by atoms with E-state index in [4.69, 9.17) is 4.52 Å². The minimum absolute atomic E-state index is 0.0691. The Morgan fingerprint density at radius 3 is 2.79 bits per heavy atom. The van der Waals surface area contributed by atoms with Crippen molar-refractivity contribution < 1.29 is 14.1 Å². The maximum atomic E-state index is 12.4. The molecule has 1 unspecified atom stereocenters. The van der Waals surface area contributed by atoms with Crippen molar-refractivity contribution in [2.45, 2.75) is 32.7 Å². The maximum absolute atomic E-state index is 12.4. The molecular formula is C20H23N5O3S. The second kappa shape index (κ2) is 9.92. The summed E-state index contributed by atoms with van der Waals surface area (Å²) in [5.74, 6) is 0.617. The zero-order valence-corrected chi connectivity index (χ0v) is 17.1. The van der Waals surface area contributed by atoms with E-state index >= 15 is 0 Å². The molecule has 0 spiro atoms. The highest BCUT2D eigenvalue weighted by Crippen LogP contribution is 2.23. The molecule has 0 aliphatic heterocycles. The van der Waals surface area contributed by atoms with Crippen LogP contribution in [0.4, 0.5) is 0 Å². The van der Waals surface area contributed by atoms with E-state index in [-0.39, 0.29) is 30.2 Å². The molecule has 0 aliphatic carbocycles. The molecule has 9 heteroatoms. The maximum Gasteiger partial charge on any atom is 0.261 e. The summed E-state index contributed by atoms with van der Waals surface area (Å²) < 4.78 is 5.38. The SMILES string of the molecule is CC(C)C(NC(=O)CCCNC(=O)c1cccs1)c1nc(-c2cccnc2)no1. The summed E-state index contributed by atoms with van der Waals surface area (Å²) in [7, 11) is 0. The molecule has 2 amide bonds. The number of thiophene rings is 1. The molecule has 152 valence electrons. The molecule has 3 rings (SSSR count). The number of hydrogen-bond acceptors (Lipinski definition) is 7. The van der Waals surface area contributed by atoms with Gasteiger partial charge in [-0.25, -0.2) is 0 Å². The van der Waals surface area contributed by atoms with Crippen LogP contribution in [0.5, 0.6) is 0 Å². The number of pyridine rings is 1. The molecule has 0 aromatic carbocycles. The van der Waals surface area contributed by atoms with Crippen molar-refractivity contribution in [2.75, 3.05) is 6.54 Å². The lowest BCUT2D eigenvalue weighted by Gasteiger charge is -2.18. The average Bonchev–Trinajstić information content (AvgIpc) is 3.42. The number of aromatic nitrogens is 3. The summed E-state index contributed by atoms with van der Waals surface area (Å²) in [6.45, 7) is 4.38. The van der Waals surface area contributed by atoms with Crippen molar-refractivity contribution in [1.29, 1.82) is 0 Å². The van der Waals surface area contributed by atoms with Gasteiger partial charge in [0.25, 0.3) is 5.91 Å². The Morgan fingerprint density at radius 2 is 2.10 bits per heavy atom. The summed E-state index contributed by atoms with van der Waals surface area (Å²) >= 11 is 1.39. The smallest absolute Gasteiger partial charge is 0.261 e.